The summed E-state index contributed by atoms with van der Waals surface area (Å²) in [6, 6.07) is 4.88. The van der Waals surface area contributed by atoms with Crippen LogP contribution in [0.2, 0.25) is 0 Å². The van der Waals surface area contributed by atoms with Crippen molar-refractivity contribution in [3.05, 3.63) is 28.2 Å². The van der Waals surface area contributed by atoms with E-state index in [0.717, 1.165) is 10.9 Å². The van der Waals surface area contributed by atoms with Crippen LogP contribution in [0.15, 0.2) is 27.7 Å². The molecule has 2 N–H and O–H groups in total. The maximum atomic E-state index is 12.5. The van der Waals surface area contributed by atoms with Crippen molar-refractivity contribution in [2.45, 2.75) is 19.6 Å². The Morgan fingerprint density at radius 1 is 1.24 bits per heavy atom. The van der Waals surface area contributed by atoms with E-state index in [1.807, 2.05) is 0 Å². The lowest BCUT2D eigenvalue weighted by molar-refractivity contribution is -0.0504. The van der Waals surface area contributed by atoms with Crippen LogP contribution in [0.5, 0.6) is 5.75 Å². The van der Waals surface area contributed by atoms with E-state index in [1.165, 1.54) is 6.07 Å². The van der Waals surface area contributed by atoms with Crippen LogP contribution in [0.4, 0.5) is 8.78 Å². The van der Waals surface area contributed by atoms with Gasteiger partial charge in [0.2, 0.25) is 0 Å². The quantitative estimate of drug-likeness (QED) is 0.325. The van der Waals surface area contributed by atoms with Crippen molar-refractivity contribution in [2.75, 3.05) is 40.5 Å². The van der Waals surface area contributed by atoms with Crippen LogP contribution in [0, 0.1) is 0 Å². The van der Waals surface area contributed by atoms with Gasteiger partial charge in [-0.25, -0.2) is 0 Å². The van der Waals surface area contributed by atoms with Crippen LogP contribution in [0.3, 0.4) is 0 Å². The minimum absolute atomic E-state index is 0.132. The molecule has 0 bridgehead atoms. The maximum Gasteiger partial charge on any atom is 0.387 e. The molecule has 0 amide bonds. The average molecular weight is 424 g/mol. The number of alkyl halides is 2. The van der Waals surface area contributed by atoms with Crippen molar-refractivity contribution in [1.29, 1.82) is 0 Å². The molecule has 0 unspecified atom stereocenters. The second kappa shape index (κ2) is 12.8. The topological polar surface area (TPSA) is 64.1 Å². The van der Waals surface area contributed by atoms with Gasteiger partial charge in [-0.1, -0.05) is 15.9 Å². The first-order valence-electron chi connectivity index (χ1n) is 7.81. The minimum Gasteiger partial charge on any atom is -0.434 e. The van der Waals surface area contributed by atoms with Gasteiger partial charge in [0.05, 0.1) is 13.2 Å². The molecule has 0 spiro atoms. The van der Waals surface area contributed by atoms with Crippen molar-refractivity contribution in [3.63, 3.8) is 0 Å². The Balaban J connectivity index is 2.40. The Morgan fingerprint density at radius 2 is 2.04 bits per heavy atom. The number of nitrogens with zero attached hydrogens (tertiary/aromatic N) is 1. The lowest BCUT2D eigenvalue weighted by Crippen LogP contribution is -2.37. The Labute approximate surface area is 155 Å². The third-order valence-corrected chi connectivity index (χ3v) is 3.59. The predicted molar refractivity (Wildman–Crippen MR) is 96.3 cm³/mol. The molecule has 0 fully saturated rings. The first kappa shape index (κ1) is 21.6. The number of rotatable bonds is 11. The van der Waals surface area contributed by atoms with E-state index in [0.29, 0.717) is 44.4 Å². The highest BCUT2D eigenvalue weighted by Crippen LogP contribution is 2.24. The molecule has 9 heteroatoms. The Bertz CT molecular complexity index is 533. The van der Waals surface area contributed by atoms with E-state index in [1.54, 1.807) is 26.3 Å². The first-order valence-corrected chi connectivity index (χ1v) is 8.60. The lowest BCUT2D eigenvalue weighted by atomic mass is 10.2. The second-order valence-electron chi connectivity index (χ2n) is 4.94. The normalized spacial score (nSPS) is 11.7. The molecule has 1 aromatic rings. The number of nitrogens with one attached hydrogen (secondary N) is 2. The van der Waals surface area contributed by atoms with Gasteiger partial charge in [0.15, 0.2) is 5.96 Å². The predicted octanol–water partition coefficient (Wildman–Crippen LogP) is 2.77. The number of halogens is 3. The number of aliphatic imine (C=N–C) groups is 1. The van der Waals surface area contributed by atoms with E-state index in [-0.39, 0.29) is 5.75 Å². The van der Waals surface area contributed by atoms with Gasteiger partial charge in [-0.15, -0.1) is 0 Å². The van der Waals surface area contributed by atoms with Crippen LogP contribution in [0.25, 0.3) is 0 Å². The molecule has 1 rings (SSSR count). The van der Waals surface area contributed by atoms with Gasteiger partial charge in [0, 0.05) is 43.9 Å². The second-order valence-corrected chi connectivity index (χ2v) is 5.86. The largest absolute Gasteiger partial charge is 0.434 e. The van der Waals surface area contributed by atoms with Crippen LogP contribution in [-0.4, -0.2) is 53.1 Å². The number of hydrogen-bond donors (Lipinski definition) is 2. The zero-order chi connectivity index (χ0) is 18.5. The zero-order valence-electron chi connectivity index (χ0n) is 14.4. The van der Waals surface area contributed by atoms with E-state index < -0.39 is 6.61 Å². The van der Waals surface area contributed by atoms with Gasteiger partial charge in [-0.3, -0.25) is 4.99 Å². The molecule has 142 valence electrons. The molecule has 0 aromatic heterocycles. The Hall–Kier alpha value is -1.45. The van der Waals surface area contributed by atoms with Crippen molar-refractivity contribution >= 4 is 21.9 Å². The van der Waals surface area contributed by atoms with Crippen molar-refractivity contribution in [1.82, 2.24) is 10.6 Å². The number of hydrogen-bond acceptors (Lipinski definition) is 4. The van der Waals surface area contributed by atoms with Crippen LogP contribution >= 0.6 is 15.9 Å². The summed E-state index contributed by atoms with van der Waals surface area (Å²) in [5, 5.41) is 6.20. The fraction of sp³-hybridized carbons (Fsp3) is 0.562. The average Bonchev–Trinajstić information content (AvgIpc) is 2.58. The molecular weight excluding hydrogens is 400 g/mol. The standard InChI is InChI=1S/C16H24BrF2N3O3/c1-20-16(21-6-3-7-24-9-8-23-2)22-11-12-10-13(17)4-5-14(12)25-15(18)19/h4-5,10,15H,3,6-9,11H2,1-2H3,(H2,20,21,22). The summed E-state index contributed by atoms with van der Waals surface area (Å²) in [4.78, 5) is 4.10. The monoisotopic (exact) mass is 423 g/mol. The van der Waals surface area contributed by atoms with E-state index in [4.69, 9.17) is 9.47 Å². The fourth-order valence-electron chi connectivity index (χ4n) is 1.92. The highest BCUT2D eigenvalue weighted by molar-refractivity contribution is 9.10. The van der Waals surface area contributed by atoms with Gasteiger partial charge < -0.3 is 24.8 Å². The van der Waals surface area contributed by atoms with E-state index in [2.05, 4.69) is 36.3 Å². The fourth-order valence-corrected chi connectivity index (χ4v) is 2.33. The third-order valence-electron chi connectivity index (χ3n) is 3.10. The summed E-state index contributed by atoms with van der Waals surface area (Å²) < 4.78 is 40.5. The number of benzene rings is 1. The molecule has 0 aliphatic heterocycles. The zero-order valence-corrected chi connectivity index (χ0v) is 15.9. The van der Waals surface area contributed by atoms with Gasteiger partial charge >= 0.3 is 6.61 Å². The molecular formula is C16H24BrF2N3O3. The lowest BCUT2D eigenvalue weighted by Gasteiger charge is -2.15. The van der Waals surface area contributed by atoms with E-state index >= 15 is 0 Å². The summed E-state index contributed by atoms with van der Waals surface area (Å²) in [6.45, 7) is -0.135. The summed E-state index contributed by atoms with van der Waals surface area (Å²) in [6.07, 6.45) is 0.807. The van der Waals surface area contributed by atoms with Gasteiger partial charge in [0.1, 0.15) is 5.75 Å². The first-order chi connectivity index (χ1) is 12.1. The van der Waals surface area contributed by atoms with Gasteiger partial charge in [-0.2, -0.15) is 8.78 Å². The molecule has 0 aliphatic carbocycles. The van der Waals surface area contributed by atoms with Gasteiger partial charge in [-0.05, 0) is 24.6 Å². The maximum absolute atomic E-state index is 12.5. The number of methoxy groups -OCH3 is 1. The SMILES string of the molecule is CN=C(NCCCOCCOC)NCc1cc(Br)ccc1OC(F)F. The molecule has 6 nitrogen and oxygen atoms in total. The van der Waals surface area contributed by atoms with Crippen molar-refractivity contribution in [2.24, 2.45) is 4.99 Å². The van der Waals surface area contributed by atoms with Crippen molar-refractivity contribution in [3.8, 4) is 5.75 Å². The Morgan fingerprint density at radius 3 is 2.72 bits per heavy atom. The van der Waals surface area contributed by atoms with Crippen molar-refractivity contribution < 1.29 is 23.0 Å². The molecule has 0 saturated carbocycles. The third kappa shape index (κ3) is 9.57. The van der Waals surface area contributed by atoms with Crippen LogP contribution < -0.4 is 15.4 Å². The van der Waals surface area contributed by atoms with Crippen LogP contribution in [0.1, 0.15) is 12.0 Å². The summed E-state index contributed by atoms with van der Waals surface area (Å²) >= 11 is 3.32. The molecule has 25 heavy (non-hydrogen) atoms. The molecule has 0 aliphatic rings. The molecule has 0 atom stereocenters. The molecule has 0 saturated heterocycles. The Kier molecular flexibility index (Phi) is 11.1. The molecule has 1 aromatic carbocycles. The molecule has 0 heterocycles. The summed E-state index contributed by atoms with van der Waals surface area (Å²) in [7, 11) is 3.27. The summed E-state index contributed by atoms with van der Waals surface area (Å²) in [5.41, 5.74) is 0.598. The smallest absolute Gasteiger partial charge is 0.387 e. The highest BCUT2D eigenvalue weighted by atomic mass is 79.9. The number of ether oxygens (including phenoxy) is 3. The minimum atomic E-state index is -2.87. The van der Waals surface area contributed by atoms with Crippen LogP contribution in [-0.2, 0) is 16.0 Å². The van der Waals surface area contributed by atoms with E-state index in [9.17, 15) is 8.78 Å². The number of guanidine groups is 1. The molecule has 0 radical (unpaired) electrons. The highest BCUT2D eigenvalue weighted by Gasteiger charge is 2.10. The summed E-state index contributed by atoms with van der Waals surface area (Å²) in [5.74, 6) is 0.701. The van der Waals surface area contributed by atoms with Gasteiger partial charge in [0.25, 0.3) is 0 Å².